The Morgan fingerprint density at radius 2 is 2.05 bits per heavy atom. The minimum absolute atomic E-state index is 0.0229. The first-order valence-electron chi connectivity index (χ1n) is 7.93. The Kier molecular flexibility index (Phi) is 7.12. The van der Waals surface area contributed by atoms with Gasteiger partial charge < -0.3 is 15.4 Å². The van der Waals surface area contributed by atoms with Crippen molar-refractivity contribution in [2.45, 2.75) is 40.2 Å². The summed E-state index contributed by atoms with van der Waals surface area (Å²) in [4.78, 5) is 4.57. The Bertz CT molecular complexity index is 469. The molecule has 0 aliphatic carbocycles. The van der Waals surface area contributed by atoms with Crippen LogP contribution in [0.4, 0.5) is 0 Å². The largest absolute Gasteiger partial charge is 0.379 e. The van der Waals surface area contributed by atoms with Crippen molar-refractivity contribution in [2.24, 2.45) is 16.3 Å². The molecule has 0 spiro atoms. The van der Waals surface area contributed by atoms with Gasteiger partial charge in [0.1, 0.15) is 0 Å². The van der Waals surface area contributed by atoms with Gasteiger partial charge in [-0.3, -0.25) is 4.99 Å². The summed E-state index contributed by atoms with van der Waals surface area (Å²) in [6.07, 6.45) is 0.770. The van der Waals surface area contributed by atoms with E-state index >= 15 is 0 Å². The van der Waals surface area contributed by atoms with Gasteiger partial charge in [0.25, 0.3) is 0 Å². The van der Waals surface area contributed by atoms with Gasteiger partial charge in [0.2, 0.25) is 0 Å². The first-order chi connectivity index (χ1) is 10.2. The zero-order chi connectivity index (χ0) is 16.8. The first kappa shape index (κ1) is 19.2. The molecule has 0 saturated carbocycles. The van der Waals surface area contributed by atoms with Crippen molar-refractivity contribution >= 4 is 15.8 Å². The van der Waals surface area contributed by atoms with E-state index in [1.807, 2.05) is 6.92 Å². The molecule has 1 aliphatic heterocycles. The summed E-state index contributed by atoms with van der Waals surface area (Å²) < 4.78 is 28.5. The van der Waals surface area contributed by atoms with Gasteiger partial charge >= 0.3 is 0 Å². The van der Waals surface area contributed by atoms with E-state index in [9.17, 15) is 8.42 Å². The number of ether oxygens (including phenoxy) is 1. The van der Waals surface area contributed by atoms with Crippen LogP contribution < -0.4 is 10.6 Å². The van der Waals surface area contributed by atoms with Crippen LogP contribution in [-0.2, 0) is 14.6 Å². The number of nitrogens with zero attached hydrogens (tertiary/aromatic N) is 1. The number of methoxy groups -OCH3 is 1. The Morgan fingerprint density at radius 1 is 1.36 bits per heavy atom. The summed E-state index contributed by atoms with van der Waals surface area (Å²) in [5.41, 5.74) is 0.0229. The zero-order valence-electron chi connectivity index (χ0n) is 14.5. The maximum Gasteiger partial charge on any atom is 0.191 e. The van der Waals surface area contributed by atoms with Crippen LogP contribution in [0, 0.1) is 11.3 Å². The highest BCUT2D eigenvalue weighted by Crippen LogP contribution is 2.22. The molecule has 22 heavy (non-hydrogen) atoms. The predicted octanol–water partition coefficient (Wildman–Crippen LogP) is 1.04. The van der Waals surface area contributed by atoms with Crippen LogP contribution in [0.1, 0.15) is 34.1 Å². The highest BCUT2D eigenvalue weighted by Gasteiger charge is 2.28. The molecule has 7 heteroatoms. The van der Waals surface area contributed by atoms with E-state index in [0.29, 0.717) is 18.8 Å². The molecule has 130 valence electrons. The fourth-order valence-electron chi connectivity index (χ4n) is 2.49. The third kappa shape index (κ3) is 6.52. The summed E-state index contributed by atoms with van der Waals surface area (Å²) in [6, 6.07) is 0. The summed E-state index contributed by atoms with van der Waals surface area (Å²) >= 11 is 0. The number of nitrogens with one attached hydrogen (secondary N) is 2. The lowest BCUT2D eigenvalue weighted by molar-refractivity contribution is 0.0241. The van der Waals surface area contributed by atoms with Crippen LogP contribution in [0.5, 0.6) is 0 Å². The van der Waals surface area contributed by atoms with E-state index in [4.69, 9.17) is 4.74 Å². The Morgan fingerprint density at radius 3 is 2.50 bits per heavy atom. The van der Waals surface area contributed by atoms with Gasteiger partial charge in [-0.2, -0.15) is 0 Å². The standard InChI is InChI=1S/C15H31N3O3S/c1-6-16-14(18-10-13(21-5)15(2,3)4)17-9-12-7-8-22(19,20)11-12/h12-13H,6-11H2,1-5H3,(H2,16,17,18). The fraction of sp³-hybridized carbons (Fsp3) is 0.933. The predicted molar refractivity (Wildman–Crippen MR) is 91.0 cm³/mol. The van der Waals surface area contributed by atoms with Gasteiger partial charge in [-0.05, 0) is 24.7 Å². The molecule has 2 atom stereocenters. The molecule has 0 radical (unpaired) electrons. The molecule has 2 unspecified atom stereocenters. The van der Waals surface area contributed by atoms with E-state index in [1.54, 1.807) is 7.11 Å². The smallest absolute Gasteiger partial charge is 0.191 e. The summed E-state index contributed by atoms with van der Waals surface area (Å²) in [7, 11) is -1.12. The Balaban J connectivity index is 2.55. The molecule has 1 heterocycles. The van der Waals surface area contributed by atoms with Crippen molar-refractivity contribution in [3.63, 3.8) is 0 Å². The van der Waals surface area contributed by atoms with Crippen molar-refractivity contribution in [2.75, 3.05) is 38.2 Å². The van der Waals surface area contributed by atoms with E-state index in [-0.39, 0.29) is 23.2 Å². The maximum absolute atomic E-state index is 11.5. The lowest BCUT2D eigenvalue weighted by Crippen LogP contribution is -2.41. The van der Waals surface area contributed by atoms with Crippen molar-refractivity contribution in [3.8, 4) is 0 Å². The second-order valence-corrected chi connectivity index (χ2v) is 9.19. The zero-order valence-corrected chi connectivity index (χ0v) is 15.3. The molecule has 0 aromatic heterocycles. The van der Waals surface area contributed by atoms with Crippen molar-refractivity contribution in [1.29, 1.82) is 0 Å². The molecular formula is C15H31N3O3S. The monoisotopic (exact) mass is 333 g/mol. The number of guanidine groups is 1. The average Bonchev–Trinajstić information content (AvgIpc) is 2.74. The molecule has 1 rings (SSSR count). The second-order valence-electron chi connectivity index (χ2n) is 6.96. The molecule has 2 N–H and O–H groups in total. The quantitative estimate of drug-likeness (QED) is 0.561. The number of hydrogen-bond donors (Lipinski definition) is 2. The van der Waals surface area contributed by atoms with Gasteiger partial charge in [0.15, 0.2) is 15.8 Å². The number of aliphatic imine (C=N–C) groups is 1. The van der Waals surface area contributed by atoms with Crippen molar-refractivity contribution < 1.29 is 13.2 Å². The van der Waals surface area contributed by atoms with E-state index < -0.39 is 9.84 Å². The second kappa shape index (κ2) is 8.15. The van der Waals surface area contributed by atoms with Gasteiger partial charge in [0, 0.05) is 20.2 Å². The molecule has 1 fully saturated rings. The molecule has 0 aromatic rings. The van der Waals surface area contributed by atoms with Crippen LogP contribution in [0.25, 0.3) is 0 Å². The molecular weight excluding hydrogens is 302 g/mol. The van der Waals surface area contributed by atoms with Gasteiger partial charge in [-0.1, -0.05) is 20.8 Å². The SMILES string of the molecule is CCNC(=NCC(OC)C(C)(C)C)NCC1CCS(=O)(=O)C1. The average molecular weight is 333 g/mol. The maximum atomic E-state index is 11.5. The minimum Gasteiger partial charge on any atom is -0.379 e. The van der Waals surface area contributed by atoms with Crippen LogP contribution in [-0.4, -0.2) is 58.7 Å². The van der Waals surface area contributed by atoms with Crippen LogP contribution in [0.15, 0.2) is 4.99 Å². The lowest BCUT2D eigenvalue weighted by Gasteiger charge is -2.28. The lowest BCUT2D eigenvalue weighted by atomic mass is 9.89. The van der Waals surface area contributed by atoms with Crippen molar-refractivity contribution in [1.82, 2.24) is 10.6 Å². The fourth-order valence-corrected chi connectivity index (χ4v) is 4.35. The van der Waals surface area contributed by atoms with Crippen LogP contribution in [0.3, 0.4) is 0 Å². The van der Waals surface area contributed by atoms with Gasteiger partial charge in [-0.15, -0.1) is 0 Å². The Labute approximate surface area is 135 Å². The van der Waals surface area contributed by atoms with Gasteiger partial charge in [0.05, 0.1) is 24.2 Å². The number of sulfone groups is 1. The van der Waals surface area contributed by atoms with Crippen molar-refractivity contribution in [3.05, 3.63) is 0 Å². The highest BCUT2D eigenvalue weighted by atomic mass is 32.2. The molecule has 1 aliphatic rings. The molecule has 0 amide bonds. The summed E-state index contributed by atoms with van der Waals surface area (Å²) in [6.45, 7) is 10.4. The van der Waals surface area contributed by atoms with E-state index in [0.717, 1.165) is 18.9 Å². The van der Waals surface area contributed by atoms with Crippen LogP contribution >= 0.6 is 0 Å². The number of hydrogen-bond acceptors (Lipinski definition) is 4. The Hall–Kier alpha value is -0.820. The summed E-state index contributed by atoms with van der Waals surface area (Å²) in [5.74, 6) is 1.48. The van der Waals surface area contributed by atoms with E-state index in [1.165, 1.54) is 0 Å². The minimum atomic E-state index is -2.82. The first-order valence-corrected chi connectivity index (χ1v) is 9.75. The normalized spacial score (nSPS) is 23.3. The topological polar surface area (TPSA) is 79.8 Å². The van der Waals surface area contributed by atoms with Gasteiger partial charge in [-0.25, -0.2) is 8.42 Å². The molecule has 0 bridgehead atoms. The third-order valence-corrected chi connectivity index (χ3v) is 5.73. The number of rotatable bonds is 6. The molecule has 1 saturated heterocycles. The van der Waals surface area contributed by atoms with E-state index in [2.05, 4.69) is 36.4 Å². The highest BCUT2D eigenvalue weighted by molar-refractivity contribution is 7.91. The molecule has 6 nitrogen and oxygen atoms in total. The summed E-state index contributed by atoms with van der Waals surface area (Å²) in [5, 5.41) is 6.44. The third-order valence-electron chi connectivity index (χ3n) is 3.89. The molecule has 0 aromatic carbocycles. The van der Waals surface area contributed by atoms with Crippen LogP contribution in [0.2, 0.25) is 0 Å².